The van der Waals surface area contributed by atoms with E-state index < -0.39 is 37.1 Å². The van der Waals surface area contributed by atoms with Gasteiger partial charge in [-0.15, -0.1) is 0 Å². The second kappa shape index (κ2) is 18.1. The van der Waals surface area contributed by atoms with Crippen LogP contribution in [0.5, 0.6) is 0 Å². The number of benzene rings is 1. The van der Waals surface area contributed by atoms with Crippen molar-refractivity contribution in [3.05, 3.63) is 33.4 Å². The average molecular weight is 798 g/mol. The van der Waals surface area contributed by atoms with Crippen molar-refractivity contribution in [1.82, 2.24) is 0 Å². The van der Waals surface area contributed by atoms with Gasteiger partial charge in [-0.2, -0.15) is 111 Å². The molecule has 0 aliphatic heterocycles. The van der Waals surface area contributed by atoms with Gasteiger partial charge >= 0.3 is 0 Å². The molecule has 216 valence electrons. The molecular formula is C22H38Cl10Si5. The van der Waals surface area contributed by atoms with Gasteiger partial charge in [-0.1, -0.05) is 34.6 Å². The first-order chi connectivity index (χ1) is 17.0. The van der Waals surface area contributed by atoms with E-state index >= 15 is 0 Å². The minimum atomic E-state index is -1.93. The monoisotopic (exact) mass is 792 g/mol. The molecule has 5 unspecified atom stereocenters. The maximum Gasteiger partial charge on any atom is 0.240 e. The van der Waals surface area contributed by atoms with Crippen LogP contribution in [0.25, 0.3) is 0 Å². The van der Waals surface area contributed by atoms with Crippen LogP contribution in [-0.2, 0) is 32.1 Å². The van der Waals surface area contributed by atoms with Gasteiger partial charge < -0.3 is 0 Å². The van der Waals surface area contributed by atoms with Gasteiger partial charge in [0, 0.05) is 0 Å². The molecule has 0 aliphatic rings. The van der Waals surface area contributed by atoms with E-state index in [-0.39, 0.29) is 27.7 Å². The van der Waals surface area contributed by atoms with Crippen molar-refractivity contribution in [1.29, 1.82) is 0 Å². The van der Waals surface area contributed by atoms with Crippen LogP contribution < -0.4 is 0 Å². The Morgan fingerprint density at radius 2 is 0.541 bits per heavy atom. The van der Waals surface area contributed by atoms with Crippen molar-refractivity contribution in [2.24, 2.45) is 0 Å². The van der Waals surface area contributed by atoms with Crippen molar-refractivity contribution in [3.8, 4) is 0 Å². The molecule has 5 atom stereocenters. The first-order valence-electron chi connectivity index (χ1n) is 12.5. The molecule has 0 bridgehead atoms. The van der Waals surface area contributed by atoms with Gasteiger partial charge in [-0.25, -0.2) is 0 Å². The first kappa shape index (κ1) is 38.2. The van der Waals surface area contributed by atoms with E-state index in [9.17, 15) is 0 Å². The maximum absolute atomic E-state index is 6.53. The Morgan fingerprint density at radius 1 is 0.378 bits per heavy atom. The third-order valence-electron chi connectivity index (χ3n) is 7.14. The summed E-state index contributed by atoms with van der Waals surface area (Å²) in [5, 5.41) is 0. The summed E-state index contributed by atoms with van der Waals surface area (Å²) in [5.41, 5.74) is 8.73. The molecule has 1 aromatic carbocycles. The smallest absolute Gasteiger partial charge is 0.150 e. The molecule has 1 rings (SSSR count). The van der Waals surface area contributed by atoms with Crippen LogP contribution in [-0.4, -0.2) is 37.1 Å². The van der Waals surface area contributed by atoms with Crippen LogP contribution in [0.2, 0.25) is 27.7 Å². The Labute approximate surface area is 279 Å². The fourth-order valence-electron chi connectivity index (χ4n) is 4.53. The Balaban J connectivity index is 4.11. The molecule has 0 N–H and O–H groups in total. The number of rotatable bonds is 15. The van der Waals surface area contributed by atoms with Crippen LogP contribution in [0.3, 0.4) is 0 Å². The summed E-state index contributed by atoms with van der Waals surface area (Å²) < 4.78 is 0. The van der Waals surface area contributed by atoms with E-state index in [0.29, 0.717) is 0 Å². The van der Waals surface area contributed by atoms with E-state index in [2.05, 4.69) is 41.5 Å². The zero-order valence-corrected chi connectivity index (χ0v) is 35.4. The molecule has 0 fully saturated rings. The highest BCUT2D eigenvalue weighted by Gasteiger charge is 2.31. The highest BCUT2D eigenvalue weighted by atomic mass is 35.7. The van der Waals surface area contributed by atoms with Crippen LogP contribution in [0.1, 0.15) is 68.0 Å². The van der Waals surface area contributed by atoms with Crippen molar-refractivity contribution in [2.75, 3.05) is 0 Å². The van der Waals surface area contributed by atoms with Crippen LogP contribution in [0.15, 0.2) is 0 Å². The summed E-state index contributed by atoms with van der Waals surface area (Å²) in [5.74, 6) is 0. The molecule has 0 saturated carbocycles. The van der Waals surface area contributed by atoms with E-state index in [0.717, 1.165) is 32.1 Å². The molecule has 0 amide bonds. The first-order valence-corrected chi connectivity index (χ1v) is 33.3. The molecule has 15 heteroatoms. The number of hydrogen-bond donors (Lipinski definition) is 0. The molecular weight excluding hydrogens is 759 g/mol. The normalized spacial score (nSPS) is 16.8. The molecule has 0 aliphatic carbocycles. The van der Waals surface area contributed by atoms with Gasteiger partial charge in [0.05, 0.1) is 0 Å². The summed E-state index contributed by atoms with van der Waals surface area (Å²) in [6.07, 6.45) is 3.99. The molecule has 0 radical (unpaired) electrons. The van der Waals surface area contributed by atoms with E-state index in [1.807, 2.05) is 0 Å². The molecule has 0 heterocycles. The second-order valence-corrected chi connectivity index (χ2v) is 37.1. The molecule has 37 heavy (non-hydrogen) atoms. The Kier molecular flexibility index (Phi) is 18.7. The number of hydrogen-bond acceptors (Lipinski definition) is 0. The van der Waals surface area contributed by atoms with Gasteiger partial charge in [0.1, 0.15) is 0 Å². The lowest BCUT2D eigenvalue weighted by Crippen LogP contribution is -2.22. The van der Waals surface area contributed by atoms with Crippen LogP contribution in [0, 0.1) is 6.92 Å². The predicted octanol–water partition coefficient (Wildman–Crippen LogP) is 10.1. The van der Waals surface area contributed by atoms with Crippen molar-refractivity contribution < 1.29 is 0 Å². The van der Waals surface area contributed by atoms with Crippen LogP contribution in [0.4, 0.5) is 0 Å². The van der Waals surface area contributed by atoms with Gasteiger partial charge in [0.15, 0.2) is 0 Å². The van der Waals surface area contributed by atoms with Crippen molar-refractivity contribution in [3.63, 3.8) is 0 Å². The zero-order valence-electron chi connectivity index (χ0n) is 22.1. The summed E-state index contributed by atoms with van der Waals surface area (Å²) in [4.78, 5) is 0. The number of halogens is 10. The Bertz CT molecular complexity index is 799. The third kappa shape index (κ3) is 12.0. The third-order valence-corrected chi connectivity index (χ3v) is 25.5. The molecule has 0 aromatic heterocycles. The highest BCUT2D eigenvalue weighted by molar-refractivity contribution is 7.35. The van der Waals surface area contributed by atoms with Crippen LogP contribution >= 0.6 is 111 Å². The minimum absolute atomic E-state index is 0.177. The SMILES string of the molecule is Cc1c(CC(C)[SiH](Cl)Cl)c(CC(C)[SiH](Cl)Cl)c(CC(C)[SiH](Cl)Cl)c(CC(C)[SiH](Cl)Cl)c1CC(C)[SiH](Cl)Cl. The fraction of sp³-hybridized carbons (Fsp3) is 0.727. The largest absolute Gasteiger partial charge is 0.240 e. The lowest BCUT2D eigenvalue weighted by atomic mass is 9.79. The van der Waals surface area contributed by atoms with Gasteiger partial charge in [-0.3, -0.25) is 0 Å². The zero-order chi connectivity index (χ0) is 28.8. The lowest BCUT2D eigenvalue weighted by Gasteiger charge is -2.31. The Hall–Kier alpha value is 3.20. The predicted molar refractivity (Wildman–Crippen MR) is 191 cm³/mol. The van der Waals surface area contributed by atoms with Gasteiger partial charge in [0.25, 0.3) is 0 Å². The summed E-state index contributed by atoms with van der Waals surface area (Å²) in [7, 11) is -9.57. The quantitative estimate of drug-likeness (QED) is 0.123. The molecule has 1 aromatic rings. The molecule has 0 saturated heterocycles. The Morgan fingerprint density at radius 3 is 0.730 bits per heavy atom. The average Bonchev–Trinajstić information content (AvgIpc) is 2.79. The van der Waals surface area contributed by atoms with Crippen molar-refractivity contribution in [2.45, 2.75) is 101 Å². The lowest BCUT2D eigenvalue weighted by molar-refractivity contribution is 0.765. The fourth-order valence-corrected chi connectivity index (χ4v) is 9.27. The van der Waals surface area contributed by atoms with E-state index in [1.54, 1.807) is 0 Å². The van der Waals surface area contributed by atoms with E-state index in [4.69, 9.17) is 111 Å². The summed E-state index contributed by atoms with van der Waals surface area (Å²) >= 11 is 65.1. The van der Waals surface area contributed by atoms with Gasteiger partial charge in [-0.05, 0) is 100 Å². The maximum atomic E-state index is 6.53. The topological polar surface area (TPSA) is 0 Å². The van der Waals surface area contributed by atoms with Crippen molar-refractivity contribution >= 4 is 148 Å². The summed E-state index contributed by atoms with van der Waals surface area (Å²) in [6, 6.07) is 0. The highest BCUT2D eigenvalue weighted by Crippen LogP contribution is 2.41. The second-order valence-electron chi connectivity index (χ2n) is 10.6. The molecule has 0 nitrogen and oxygen atoms in total. The molecule has 0 spiro atoms. The minimum Gasteiger partial charge on any atom is -0.150 e. The van der Waals surface area contributed by atoms with E-state index in [1.165, 1.54) is 33.4 Å². The van der Waals surface area contributed by atoms with Gasteiger partial charge in [0.2, 0.25) is 37.1 Å². The summed E-state index contributed by atoms with van der Waals surface area (Å²) in [6.45, 7) is 12.9. The standard InChI is InChI=1S/C22H38Cl10Si5/c1-12(33(23)24)7-18-17(6)19(8-13(2)34(25)26)21(10-15(4)36(29)30)22(11-16(5)37(31)32)20(18)9-14(3)35(27)28/h12-16,33-37H,7-11H2,1-6H3.